The van der Waals surface area contributed by atoms with E-state index in [4.69, 9.17) is 0 Å². The summed E-state index contributed by atoms with van der Waals surface area (Å²) in [6.45, 7) is 3.74. The quantitative estimate of drug-likeness (QED) is 0.749. The maximum Gasteiger partial charge on any atom is 0.251 e. The highest BCUT2D eigenvalue weighted by atomic mass is 35.5. The normalized spacial score (nSPS) is 19.0. The second kappa shape index (κ2) is 9.61. The number of carbonyl (C=O) groups excluding carboxylic acids is 2. The number of nitrogens with zero attached hydrogens (tertiary/aromatic N) is 1. The predicted molar refractivity (Wildman–Crippen MR) is 98.8 cm³/mol. The fourth-order valence-electron chi connectivity index (χ4n) is 2.89. The van der Waals surface area contributed by atoms with Crippen LogP contribution in [0.5, 0.6) is 0 Å². The molecule has 0 bridgehead atoms. The van der Waals surface area contributed by atoms with Crippen LogP contribution in [-0.2, 0) is 4.79 Å². The van der Waals surface area contributed by atoms with Gasteiger partial charge in [0, 0.05) is 30.9 Å². The second-order valence-corrected chi connectivity index (χ2v) is 5.95. The number of likely N-dealkylation sites (N-methyl/N-ethyl adjacent to an activating group) is 1. The zero-order chi connectivity index (χ0) is 16.8. The van der Waals surface area contributed by atoms with Gasteiger partial charge in [-0.05, 0) is 51.6 Å². The van der Waals surface area contributed by atoms with Crippen LogP contribution in [0.3, 0.4) is 0 Å². The fraction of sp³-hybridized carbons (Fsp3) is 0.529. The Balaban J connectivity index is 0.00000288. The number of hydrogen-bond acceptors (Lipinski definition) is 4. The van der Waals surface area contributed by atoms with Crippen LogP contribution in [0.25, 0.3) is 0 Å². The largest absolute Gasteiger partial charge is 0.355 e. The van der Waals surface area contributed by atoms with Crippen LogP contribution in [-0.4, -0.2) is 56.0 Å². The number of carbonyl (C=O) groups is 2. The third-order valence-electron chi connectivity index (χ3n) is 4.41. The van der Waals surface area contributed by atoms with Gasteiger partial charge in [-0.1, -0.05) is 6.07 Å². The molecule has 2 atom stereocenters. The molecule has 1 saturated heterocycles. The molecule has 0 spiro atoms. The molecule has 1 heterocycles. The SMILES string of the molecule is CNC(=O)c1cccc(NC(=O)C(C)N2CCCC(NC)C2)c1.Cl. The van der Waals surface area contributed by atoms with Crippen molar-refractivity contribution in [1.29, 1.82) is 0 Å². The van der Waals surface area contributed by atoms with E-state index < -0.39 is 0 Å². The lowest BCUT2D eigenvalue weighted by atomic mass is 10.0. The average molecular weight is 355 g/mol. The van der Waals surface area contributed by atoms with Crippen LogP contribution in [0.15, 0.2) is 24.3 Å². The minimum atomic E-state index is -0.199. The van der Waals surface area contributed by atoms with Crippen molar-refractivity contribution in [3.63, 3.8) is 0 Å². The molecule has 1 aromatic rings. The van der Waals surface area contributed by atoms with Crippen LogP contribution in [0.1, 0.15) is 30.1 Å². The molecule has 2 rings (SSSR count). The molecule has 7 heteroatoms. The minimum Gasteiger partial charge on any atom is -0.355 e. The summed E-state index contributed by atoms with van der Waals surface area (Å²) >= 11 is 0. The van der Waals surface area contributed by atoms with E-state index in [-0.39, 0.29) is 30.3 Å². The van der Waals surface area contributed by atoms with Crippen molar-refractivity contribution in [2.75, 3.05) is 32.5 Å². The molecule has 2 amide bonds. The number of piperidine rings is 1. The first kappa shape index (κ1) is 20.4. The van der Waals surface area contributed by atoms with Crippen LogP contribution in [0, 0.1) is 0 Å². The van der Waals surface area contributed by atoms with Crippen LogP contribution < -0.4 is 16.0 Å². The summed E-state index contributed by atoms with van der Waals surface area (Å²) in [7, 11) is 3.55. The molecule has 0 saturated carbocycles. The first-order valence-electron chi connectivity index (χ1n) is 8.09. The fourth-order valence-corrected chi connectivity index (χ4v) is 2.89. The number of benzene rings is 1. The molecule has 0 aliphatic carbocycles. The Labute approximate surface area is 149 Å². The summed E-state index contributed by atoms with van der Waals surface area (Å²) in [5, 5.41) is 8.78. The predicted octanol–water partition coefficient (Wildman–Crippen LogP) is 1.48. The van der Waals surface area contributed by atoms with Crippen molar-refractivity contribution < 1.29 is 9.59 Å². The number of nitrogens with one attached hydrogen (secondary N) is 3. The zero-order valence-corrected chi connectivity index (χ0v) is 15.3. The van der Waals surface area contributed by atoms with Crippen LogP contribution in [0.4, 0.5) is 5.69 Å². The molecule has 1 fully saturated rings. The molecular formula is C17H27ClN4O2. The van der Waals surface area contributed by atoms with Crippen molar-refractivity contribution in [1.82, 2.24) is 15.5 Å². The highest BCUT2D eigenvalue weighted by Crippen LogP contribution is 2.15. The molecule has 0 aromatic heterocycles. The van der Waals surface area contributed by atoms with E-state index in [1.807, 2.05) is 14.0 Å². The van der Waals surface area contributed by atoms with Crippen molar-refractivity contribution in [3.05, 3.63) is 29.8 Å². The molecule has 6 nitrogen and oxygen atoms in total. The van der Waals surface area contributed by atoms with Gasteiger partial charge in [0.1, 0.15) is 0 Å². The van der Waals surface area contributed by atoms with E-state index in [0.717, 1.165) is 25.9 Å². The van der Waals surface area contributed by atoms with Gasteiger partial charge in [0.15, 0.2) is 0 Å². The summed E-state index contributed by atoms with van der Waals surface area (Å²) < 4.78 is 0. The lowest BCUT2D eigenvalue weighted by molar-refractivity contribution is -0.121. The summed E-state index contributed by atoms with van der Waals surface area (Å²) in [6.07, 6.45) is 2.24. The Morgan fingerprint density at radius 3 is 2.71 bits per heavy atom. The highest BCUT2D eigenvalue weighted by molar-refractivity contribution is 5.98. The van der Waals surface area contributed by atoms with Gasteiger partial charge in [-0.15, -0.1) is 12.4 Å². The average Bonchev–Trinajstić information content (AvgIpc) is 2.60. The van der Waals surface area contributed by atoms with E-state index >= 15 is 0 Å². The van der Waals surface area contributed by atoms with Gasteiger partial charge in [0.25, 0.3) is 5.91 Å². The number of likely N-dealkylation sites (tertiary alicyclic amines) is 1. The van der Waals surface area contributed by atoms with Crippen molar-refractivity contribution >= 4 is 29.9 Å². The van der Waals surface area contributed by atoms with E-state index in [9.17, 15) is 9.59 Å². The van der Waals surface area contributed by atoms with Gasteiger partial charge in [-0.25, -0.2) is 0 Å². The van der Waals surface area contributed by atoms with Crippen LogP contribution in [0.2, 0.25) is 0 Å². The molecule has 134 valence electrons. The summed E-state index contributed by atoms with van der Waals surface area (Å²) in [4.78, 5) is 26.3. The van der Waals surface area contributed by atoms with E-state index in [2.05, 4.69) is 20.9 Å². The van der Waals surface area contributed by atoms with Gasteiger partial charge in [0.2, 0.25) is 5.91 Å². The molecule has 2 unspecified atom stereocenters. The first-order valence-corrected chi connectivity index (χ1v) is 8.09. The summed E-state index contributed by atoms with van der Waals surface area (Å²) in [6, 6.07) is 7.22. The Morgan fingerprint density at radius 2 is 2.04 bits per heavy atom. The maximum absolute atomic E-state index is 12.5. The lowest BCUT2D eigenvalue weighted by Crippen LogP contribution is -2.51. The van der Waals surface area contributed by atoms with Gasteiger partial charge in [-0.2, -0.15) is 0 Å². The maximum atomic E-state index is 12.5. The Kier molecular flexibility index (Phi) is 8.18. The zero-order valence-electron chi connectivity index (χ0n) is 14.5. The van der Waals surface area contributed by atoms with E-state index in [1.54, 1.807) is 31.3 Å². The number of hydrogen-bond donors (Lipinski definition) is 3. The monoisotopic (exact) mass is 354 g/mol. The Hall–Kier alpha value is -1.63. The topological polar surface area (TPSA) is 73.5 Å². The lowest BCUT2D eigenvalue weighted by Gasteiger charge is -2.35. The molecular weight excluding hydrogens is 328 g/mol. The third kappa shape index (κ3) is 5.19. The second-order valence-electron chi connectivity index (χ2n) is 5.95. The van der Waals surface area contributed by atoms with Gasteiger partial charge >= 0.3 is 0 Å². The molecule has 3 N–H and O–H groups in total. The minimum absolute atomic E-state index is 0. The highest BCUT2D eigenvalue weighted by Gasteiger charge is 2.26. The third-order valence-corrected chi connectivity index (χ3v) is 4.41. The smallest absolute Gasteiger partial charge is 0.251 e. The number of rotatable bonds is 5. The first-order chi connectivity index (χ1) is 11.0. The van der Waals surface area contributed by atoms with Gasteiger partial charge in [-0.3, -0.25) is 14.5 Å². The molecule has 24 heavy (non-hydrogen) atoms. The number of anilines is 1. The number of halogens is 1. The molecule has 1 aliphatic rings. The van der Waals surface area contributed by atoms with Gasteiger partial charge < -0.3 is 16.0 Å². The standard InChI is InChI=1S/C17H26N4O2.ClH/c1-12(21-9-5-8-15(11-21)18-2)16(22)20-14-7-4-6-13(10-14)17(23)19-3;/h4,6-7,10,12,15,18H,5,8-9,11H2,1-3H3,(H,19,23)(H,20,22);1H. The van der Waals surface area contributed by atoms with Gasteiger partial charge in [0.05, 0.1) is 6.04 Å². The van der Waals surface area contributed by atoms with Crippen molar-refractivity contribution in [2.24, 2.45) is 0 Å². The summed E-state index contributed by atoms with van der Waals surface area (Å²) in [5.41, 5.74) is 1.18. The van der Waals surface area contributed by atoms with Crippen molar-refractivity contribution in [2.45, 2.75) is 31.8 Å². The van der Waals surface area contributed by atoms with Crippen LogP contribution >= 0.6 is 12.4 Å². The van der Waals surface area contributed by atoms with Crippen molar-refractivity contribution in [3.8, 4) is 0 Å². The number of amides is 2. The summed E-state index contributed by atoms with van der Waals surface area (Å²) in [5.74, 6) is -0.210. The van der Waals surface area contributed by atoms with E-state index in [1.165, 1.54) is 0 Å². The molecule has 1 aromatic carbocycles. The molecule has 0 radical (unpaired) electrons. The van der Waals surface area contributed by atoms with E-state index in [0.29, 0.717) is 17.3 Å². The Bertz CT molecular complexity index is 567. The molecule has 1 aliphatic heterocycles. The Morgan fingerprint density at radius 1 is 1.29 bits per heavy atom.